The van der Waals surface area contributed by atoms with Crippen LogP contribution in [0.15, 0.2) is 30.3 Å². The molecule has 1 aromatic carbocycles. The van der Waals surface area contributed by atoms with E-state index in [1.807, 2.05) is 0 Å². The van der Waals surface area contributed by atoms with E-state index in [9.17, 15) is 4.79 Å². The number of carbonyl (C=O) groups is 1. The number of hydrogen-bond acceptors (Lipinski definition) is 3. The van der Waals surface area contributed by atoms with Crippen LogP contribution in [0, 0.1) is 3.57 Å². The Bertz CT molecular complexity index is 650. The number of nitrogens with zero attached hydrogens (tertiary/aromatic N) is 1. The van der Waals surface area contributed by atoms with E-state index >= 15 is 0 Å². The maximum atomic E-state index is 11.1. The average Bonchev–Trinajstić information content (AvgIpc) is 2.32. The zero-order chi connectivity index (χ0) is 14.0. The first-order valence-electron chi connectivity index (χ1n) is 5.09. The summed E-state index contributed by atoms with van der Waals surface area (Å²) in [6, 6.07) is 8.05. The number of aromatic nitrogens is 1. The van der Waals surface area contributed by atoms with Crippen molar-refractivity contribution in [2.75, 3.05) is 5.32 Å². The Hall–Kier alpha value is -1.05. The summed E-state index contributed by atoms with van der Waals surface area (Å²) in [6.45, 7) is 0. The van der Waals surface area contributed by atoms with Gasteiger partial charge in [0.05, 0.1) is 5.69 Å². The van der Waals surface area contributed by atoms with E-state index in [4.69, 9.17) is 28.3 Å². The number of aromatic carboxylic acids is 1. The minimum absolute atomic E-state index is 0.0511. The molecule has 0 aliphatic carbocycles. The summed E-state index contributed by atoms with van der Waals surface area (Å²) in [5.74, 6) is -0.879. The lowest BCUT2D eigenvalue weighted by molar-refractivity contribution is 0.0697. The van der Waals surface area contributed by atoms with Crippen molar-refractivity contribution in [1.29, 1.82) is 0 Å². The van der Waals surface area contributed by atoms with Crippen molar-refractivity contribution in [3.8, 4) is 0 Å². The van der Waals surface area contributed by atoms with E-state index < -0.39 is 5.97 Å². The van der Waals surface area contributed by atoms with E-state index in [1.165, 1.54) is 12.1 Å². The highest BCUT2D eigenvalue weighted by Crippen LogP contribution is 2.27. The molecule has 0 unspecified atom stereocenters. The Morgan fingerprint density at radius 2 is 2.00 bits per heavy atom. The van der Waals surface area contributed by atoms with Gasteiger partial charge in [-0.2, -0.15) is 0 Å². The molecule has 4 nitrogen and oxygen atoms in total. The van der Waals surface area contributed by atoms with Crippen molar-refractivity contribution in [3.05, 3.63) is 49.6 Å². The molecule has 0 saturated carbocycles. The lowest BCUT2D eigenvalue weighted by Gasteiger charge is -2.10. The first-order valence-corrected chi connectivity index (χ1v) is 6.93. The first kappa shape index (κ1) is 14.4. The van der Waals surface area contributed by atoms with Crippen LogP contribution in [0.25, 0.3) is 0 Å². The lowest BCUT2D eigenvalue weighted by atomic mass is 10.2. The summed E-state index contributed by atoms with van der Waals surface area (Å²) in [4.78, 5) is 15.1. The Balaban J connectivity index is 2.42. The van der Waals surface area contributed by atoms with Gasteiger partial charge in [0.15, 0.2) is 0 Å². The van der Waals surface area contributed by atoms with Gasteiger partial charge in [0, 0.05) is 8.59 Å². The average molecular weight is 409 g/mol. The van der Waals surface area contributed by atoms with Gasteiger partial charge in [0.1, 0.15) is 16.5 Å². The number of pyridine rings is 1. The lowest BCUT2D eigenvalue weighted by Crippen LogP contribution is -2.05. The predicted molar refractivity (Wildman–Crippen MR) is 83.7 cm³/mol. The normalized spacial score (nSPS) is 10.3. The topological polar surface area (TPSA) is 62.2 Å². The van der Waals surface area contributed by atoms with Gasteiger partial charge in [-0.05, 0) is 52.9 Å². The van der Waals surface area contributed by atoms with Crippen LogP contribution in [0.2, 0.25) is 10.2 Å². The predicted octanol–water partition coefficient (Wildman–Crippen LogP) is 4.43. The number of nitrogens with one attached hydrogen (secondary N) is 1. The van der Waals surface area contributed by atoms with Crippen LogP contribution < -0.4 is 5.32 Å². The molecule has 1 aromatic heterocycles. The summed E-state index contributed by atoms with van der Waals surface area (Å²) < 4.78 is 0.850. The van der Waals surface area contributed by atoms with E-state index in [0.29, 0.717) is 10.7 Å². The molecular formula is C12H7Cl2IN2O2. The van der Waals surface area contributed by atoms with Gasteiger partial charge in [0.25, 0.3) is 0 Å². The third kappa shape index (κ3) is 3.49. The standard InChI is InChI=1S/C12H7Cl2IN2O2/c13-6-1-3-9(8(15)5-6)16-11-7(12(18)19)2-4-10(14)17-11/h1-5H,(H,16,17)(H,18,19). The van der Waals surface area contributed by atoms with Crippen molar-refractivity contribution in [2.24, 2.45) is 0 Å². The van der Waals surface area contributed by atoms with Gasteiger partial charge in [0.2, 0.25) is 0 Å². The molecule has 0 spiro atoms. The van der Waals surface area contributed by atoms with Gasteiger partial charge >= 0.3 is 5.97 Å². The molecule has 0 fully saturated rings. The highest BCUT2D eigenvalue weighted by molar-refractivity contribution is 14.1. The Kier molecular flexibility index (Phi) is 4.49. The SMILES string of the molecule is O=C(O)c1ccc(Cl)nc1Nc1ccc(Cl)cc1I. The molecule has 0 radical (unpaired) electrons. The zero-order valence-electron chi connectivity index (χ0n) is 9.32. The molecule has 2 aromatic rings. The van der Waals surface area contributed by atoms with Crippen LogP contribution in [-0.2, 0) is 0 Å². The van der Waals surface area contributed by atoms with Gasteiger partial charge in [-0.3, -0.25) is 0 Å². The highest BCUT2D eigenvalue weighted by atomic mass is 127. The van der Waals surface area contributed by atoms with Crippen LogP contribution in [0.3, 0.4) is 0 Å². The second-order valence-electron chi connectivity index (χ2n) is 3.58. The molecule has 19 heavy (non-hydrogen) atoms. The number of halogens is 3. The maximum Gasteiger partial charge on any atom is 0.339 e. The monoisotopic (exact) mass is 408 g/mol. The van der Waals surface area contributed by atoms with Crippen LogP contribution in [0.5, 0.6) is 0 Å². The van der Waals surface area contributed by atoms with Gasteiger partial charge in [-0.25, -0.2) is 9.78 Å². The molecule has 0 bridgehead atoms. The summed E-state index contributed by atoms with van der Waals surface area (Å²) in [5.41, 5.74) is 0.761. The smallest absolute Gasteiger partial charge is 0.339 e. The van der Waals surface area contributed by atoms with Crippen LogP contribution >= 0.6 is 45.8 Å². The fourth-order valence-electron chi connectivity index (χ4n) is 1.42. The number of anilines is 2. The number of rotatable bonds is 3. The minimum atomic E-state index is -1.07. The van der Waals surface area contributed by atoms with Crippen LogP contribution in [0.4, 0.5) is 11.5 Å². The Labute approximate surface area is 132 Å². The summed E-state index contributed by atoms with van der Waals surface area (Å²) >= 11 is 13.7. The van der Waals surface area contributed by atoms with Gasteiger partial charge < -0.3 is 10.4 Å². The Morgan fingerprint density at radius 1 is 1.26 bits per heavy atom. The summed E-state index contributed by atoms with van der Waals surface area (Å²) in [5, 5.41) is 12.9. The van der Waals surface area contributed by atoms with Crippen molar-refractivity contribution < 1.29 is 9.90 Å². The molecule has 2 rings (SSSR count). The van der Waals surface area contributed by atoms with Crippen molar-refractivity contribution in [1.82, 2.24) is 4.98 Å². The molecule has 2 N–H and O–H groups in total. The minimum Gasteiger partial charge on any atom is -0.478 e. The molecule has 98 valence electrons. The molecular weight excluding hydrogens is 402 g/mol. The highest BCUT2D eigenvalue weighted by Gasteiger charge is 2.13. The molecule has 1 heterocycles. The maximum absolute atomic E-state index is 11.1. The molecule has 0 aliphatic heterocycles. The molecule has 0 aliphatic rings. The van der Waals surface area contributed by atoms with E-state index in [-0.39, 0.29) is 16.5 Å². The summed E-state index contributed by atoms with van der Waals surface area (Å²) in [6.07, 6.45) is 0. The second-order valence-corrected chi connectivity index (χ2v) is 5.57. The summed E-state index contributed by atoms with van der Waals surface area (Å²) in [7, 11) is 0. The molecule has 0 atom stereocenters. The van der Waals surface area contributed by atoms with Crippen molar-refractivity contribution in [2.45, 2.75) is 0 Å². The second kappa shape index (κ2) is 5.94. The first-order chi connectivity index (χ1) is 8.97. The van der Waals surface area contributed by atoms with Gasteiger partial charge in [-0.15, -0.1) is 0 Å². The molecule has 7 heteroatoms. The fraction of sp³-hybridized carbons (Fsp3) is 0. The van der Waals surface area contributed by atoms with Crippen molar-refractivity contribution >= 4 is 63.3 Å². The largest absolute Gasteiger partial charge is 0.478 e. The third-order valence-corrected chi connectivity index (χ3v) is 3.61. The van der Waals surface area contributed by atoms with Gasteiger partial charge in [-0.1, -0.05) is 23.2 Å². The fourth-order valence-corrected chi connectivity index (χ4v) is 2.58. The van der Waals surface area contributed by atoms with Crippen LogP contribution in [-0.4, -0.2) is 16.1 Å². The van der Waals surface area contributed by atoms with Crippen molar-refractivity contribution in [3.63, 3.8) is 0 Å². The number of hydrogen-bond donors (Lipinski definition) is 2. The molecule has 0 amide bonds. The number of benzene rings is 1. The quantitative estimate of drug-likeness (QED) is 0.582. The van der Waals surface area contributed by atoms with E-state index in [1.54, 1.807) is 18.2 Å². The number of carboxylic acid groups (broad SMARTS) is 1. The van der Waals surface area contributed by atoms with E-state index in [2.05, 4.69) is 32.9 Å². The van der Waals surface area contributed by atoms with Crippen LogP contribution in [0.1, 0.15) is 10.4 Å². The van der Waals surface area contributed by atoms with E-state index in [0.717, 1.165) is 3.57 Å². The Morgan fingerprint density at radius 3 is 2.63 bits per heavy atom. The third-order valence-electron chi connectivity index (χ3n) is 2.28. The number of carboxylic acids is 1. The zero-order valence-corrected chi connectivity index (χ0v) is 13.0. The molecule has 0 saturated heterocycles.